The predicted molar refractivity (Wildman–Crippen MR) is 63.5 cm³/mol. The number of esters is 1. The highest BCUT2D eigenvalue weighted by Gasteiger charge is 2.44. The number of rotatable bonds is 3. The highest BCUT2D eigenvalue weighted by molar-refractivity contribution is 14.1. The Bertz CT molecular complexity index is 296. The largest absolute Gasteiger partial charge is 0.451 e. The molecule has 0 bridgehead atoms. The van der Waals surface area contributed by atoms with Crippen molar-refractivity contribution in [3.63, 3.8) is 0 Å². The van der Waals surface area contributed by atoms with Crippen molar-refractivity contribution in [1.29, 1.82) is 0 Å². The molecule has 1 heterocycles. The molecule has 1 aliphatic heterocycles. The van der Waals surface area contributed by atoms with Crippen LogP contribution in [0.2, 0.25) is 0 Å². The van der Waals surface area contributed by atoms with Crippen molar-refractivity contribution in [3.05, 3.63) is 11.1 Å². The van der Waals surface area contributed by atoms with Crippen LogP contribution in [-0.2, 0) is 9.53 Å². The van der Waals surface area contributed by atoms with Crippen molar-refractivity contribution >= 4 is 28.6 Å². The Morgan fingerprint density at radius 1 is 1.50 bits per heavy atom. The second-order valence-electron chi connectivity index (χ2n) is 4.22. The molecule has 0 saturated carbocycles. The van der Waals surface area contributed by atoms with E-state index in [4.69, 9.17) is 4.74 Å². The van der Waals surface area contributed by atoms with Gasteiger partial charge in [-0.2, -0.15) is 0 Å². The molecule has 0 aromatic heterocycles. The van der Waals surface area contributed by atoms with Crippen molar-refractivity contribution in [2.75, 3.05) is 4.43 Å². The number of alkyl halides is 1. The fourth-order valence-corrected chi connectivity index (χ4v) is 2.87. The molecule has 2 rings (SSSR count). The van der Waals surface area contributed by atoms with Crippen molar-refractivity contribution in [2.24, 2.45) is 0 Å². The van der Waals surface area contributed by atoms with Gasteiger partial charge in [-0.1, -0.05) is 22.6 Å². The van der Waals surface area contributed by atoms with Gasteiger partial charge in [-0.3, -0.25) is 0 Å². The minimum absolute atomic E-state index is 0.0477. The van der Waals surface area contributed by atoms with Crippen LogP contribution in [0.5, 0.6) is 0 Å². The second-order valence-corrected chi connectivity index (χ2v) is 5.30. The van der Waals surface area contributed by atoms with Gasteiger partial charge in [0.25, 0.3) is 0 Å². The molecule has 1 atom stereocenters. The van der Waals surface area contributed by atoms with Crippen LogP contribution in [0, 0.1) is 0 Å². The molecule has 2 aliphatic rings. The molecule has 3 heteroatoms. The van der Waals surface area contributed by atoms with Crippen LogP contribution in [-0.4, -0.2) is 16.0 Å². The highest BCUT2D eigenvalue weighted by atomic mass is 127. The van der Waals surface area contributed by atoms with Crippen LogP contribution >= 0.6 is 22.6 Å². The third-order valence-corrected chi connectivity index (χ3v) is 3.97. The van der Waals surface area contributed by atoms with E-state index in [0.29, 0.717) is 0 Å². The van der Waals surface area contributed by atoms with Gasteiger partial charge in [0, 0.05) is 5.57 Å². The molecule has 1 unspecified atom stereocenters. The lowest BCUT2D eigenvalue weighted by Gasteiger charge is -2.26. The van der Waals surface area contributed by atoms with Crippen LogP contribution in [0.4, 0.5) is 0 Å². The molecule has 1 aliphatic carbocycles. The maximum atomic E-state index is 11.6. The molecule has 0 N–H and O–H groups in total. The number of halogens is 1. The van der Waals surface area contributed by atoms with Gasteiger partial charge in [0.1, 0.15) is 5.60 Å². The summed E-state index contributed by atoms with van der Waals surface area (Å²) in [6.07, 6.45) is 5.26. The summed E-state index contributed by atoms with van der Waals surface area (Å²) in [6, 6.07) is 0. The summed E-state index contributed by atoms with van der Waals surface area (Å²) < 4.78 is 6.63. The van der Waals surface area contributed by atoms with Crippen LogP contribution in [0.15, 0.2) is 11.1 Å². The smallest absolute Gasteiger partial charge is 0.334 e. The topological polar surface area (TPSA) is 26.3 Å². The maximum absolute atomic E-state index is 11.6. The zero-order valence-corrected chi connectivity index (χ0v) is 10.6. The van der Waals surface area contributed by atoms with Crippen molar-refractivity contribution in [3.8, 4) is 0 Å². The van der Waals surface area contributed by atoms with Gasteiger partial charge < -0.3 is 4.74 Å². The van der Waals surface area contributed by atoms with E-state index >= 15 is 0 Å². The van der Waals surface area contributed by atoms with Crippen LogP contribution in [0.25, 0.3) is 0 Å². The lowest BCUT2D eigenvalue weighted by molar-refractivity contribution is -0.146. The van der Waals surface area contributed by atoms with Gasteiger partial charge in [-0.05, 0) is 49.0 Å². The number of hydrogen-bond acceptors (Lipinski definition) is 2. The van der Waals surface area contributed by atoms with E-state index in [9.17, 15) is 4.79 Å². The molecule has 0 spiro atoms. The summed E-state index contributed by atoms with van der Waals surface area (Å²) in [6.45, 7) is 2.07. The van der Waals surface area contributed by atoms with Crippen molar-refractivity contribution < 1.29 is 9.53 Å². The van der Waals surface area contributed by atoms with E-state index in [1.54, 1.807) is 0 Å². The Hall–Kier alpha value is -0.0600. The lowest BCUT2D eigenvalue weighted by atomic mass is 9.90. The Morgan fingerprint density at radius 2 is 2.29 bits per heavy atom. The summed E-state index contributed by atoms with van der Waals surface area (Å²) in [7, 11) is 0. The first kappa shape index (κ1) is 10.5. The Balaban J connectivity index is 2.18. The van der Waals surface area contributed by atoms with E-state index in [2.05, 4.69) is 29.5 Å². The minimum atomic E-state index is -0.256. The van der Waals surface area contributed by atoms with Crippen LogP contribution < -0.4 is 0 Å². The van der Waals surface area contributed by atoms with Crippen molar-refractivity contribution in [1.82, 2.24) is 0 Å². The number of ether oxygens (including phenoxy) is 1. The molecule has 78 valence electrons. The Kier molecular flexibility index (Phi) is 2.86. The number of carbonyl (C=O) groups excluding carboxylic acids is 1. The summed E-state index contributed by atoms with van der Waals surface area (Å²) >= 11 is 2.37. The maximum Gasteiger partial charge on any atom is 0.334 e. The molecular weight excluding hydrogens is 291 g/mol. The first-order valence-electron chi connectivity index (χ1n) is 5.19. The third-order valence-electron chi connectivity index (χ3n) is 3.21. The Morgan fingerprint density at radius 3 is 3.00 bits per heavy atom. The Labute approximate surface area is 98.2 Å². The van der Waals surface area contributed by atoms with Crippen LogP contribution in [0.1, 0.15) is 39.0 Å². The quantitative estimate of drug-likeness (QED) is 0.455. The minimum Gasteiger partial charge on any atom is -0.451 e. The van der Waals surface area contributed by atoms with E-state index in [1.807, 2.05) is 0 Å². The van der Waals surface area contributed by atoms with E-state index < -0.39 is 0 Å². The summed E-state index contributed by atoms with van der Waals surface area (Å²) in [5.41, 5.74) is 2.03. The standard InChI is InChI=1S/C11H15IO2/c1-11(6-3-7-12)9-5-2-4-8(9)10(13)14-11/h2-7H2,1H3. The molecule has 0 amide bonds. The fourth-order valence-electron chi connectivity index (χ4n) is 2.49. The number of hydrogen-bond donors (Lipinski definition) is 0. The first-order chi connectivity index (χ1) is 6.67. The zero-order chi connectivity index (χ0) is 10.2. The lowest BCUT2D eigenvalue weighted by Crippen LogP contribution is -2.28. The molecule has 0 radical (unpaired) electrons. The normalized spacial score (nSPS) is 30.9. The molecule has 0 fully saturated rings. The average molecular weight is 306 g/mol. The van der Waals surface area contributed by atoms with Gasteiger partial charge in [0.05, 0.1) is 0 Å². The molecule has 0 aromatic rings. The average Bonchev–Trinajstić information content (AvgIpc) is 2.69. The van der Waals surface area contributed by atoms with Crippen LogP contribution in [0.3, 0.4) is 0 Å². The highest BCUT2D eigenvalue weighted by Crippen LogP contribution is 2.44. The zero-order valence-electron chi connectivity index (χ0n) is 8.44. The molecular formula is C11H15IO2. The molecule has 2 nitrogen and oxygen atoms in total. The molecule has 0 saturated heterocycles. The van der Waals surface area contributed by atoms with E-state index in [1.165, 1.54) is 5.57 Å². The van der Waals surface area contributed by atoms with Gasteiger partial charge >= 0.3 is 5.97 Å². The van der Waals surface area contributed by atoms with Crippen molar-refractivity contribution in [2.45, 2.75) is 44.6 Å². The van der Waals surface area contributed by atoms with E-state index in [-0.39, 0.29) is 11.6 Å². The van der Waals surface area contributed by atoms with Gasteiger partial charge in [0.15, 0.2) is 0 Å². The summed E-state index contributed by atoms with van der Waals surface area (Å²) in [4.78, 5) is 11.6. The monoisotopic (exact) mass is 306 g/mol. The van der Waals surface area contributed by atoms with E-state index in [0.717, 1.165) is 42.1 Å². The molecule has 0 aromatic carbocycles. The number of cyclic esters (lactones) is 1. The molecule has 14 heavy (non-hydrogen) atoms. The first-order valence-corrected chi connectivity index (χ1v) is 6.72. The summed E-state index contributed by atoms with van der Waals surface area (Å²) in [5.74, 6) is -0.0477. The van der Waals surface area contributed by atoms with Gasteiger partial charge in [0.2, 0.25) is 0 Å². The predicted octanol–water partition coefficient (Wildman–Crippen LogP) is 3.00. The third kappa shape index (κ3) is 1.59. The second kappa shape index (κ2) is 3.83. The van der Waals surface area contributed by atoms with Gasteiger partial charge in [-0.25, -0.2) is 4.79 Å². The fraction of sp³-hybridized carbons (Fsp3) is 0.727. The SMILES string of the molecule is CC1(CCCI)OC(=O)C2=C1CCC2. The summed E-state index contributed by atoms with van der Waals surface area (Å²) in [5, 5.41) is 0. The number of carbonyl (C=O) groups is 1. The van der Waals surface area contributed by atoms with Gasteiger partial charge in [-0.15, -0.1) is 0 Å².